The molecule has 1 saturated heterocycles. The summed E-state index contributed by atoms with van der Waals surface area (Å²) in [5.41, 5.74) is 1.33. The summed E-state index contributed by atoms with van der Waals surface area (Å²) in [6, 6.07) is 10.1. The molecule has 0 radical (unpaired) electrons. The molecule has 0 bridgehead atoms. The Balaban J connectivity index is 1.39. The lowest BCUT2D eigenvalue weighted by molar-refractivity contribution is -0.125. The molecule has 3 aromatic rings. The quantitative estimate of drug-likeness (QED) is 0.471. The van der Waals surface area contributed by atoms with Gasteiger partial charge in [0.1, 0.15) is 17.6 Å². The van der Waals surface area contributed by atoms with Crippen LogP contribution in [0.4, 0.5) is 5.13 Å². The molecule has 1 fully saturated rings. The molecule has 2 N–H and O–H groups in total. The molecule has 3 heterocycles. The van der Waals surface area contributed by atoms with E-state index in [1.807, 2.05) is 32.0 Å². The highest BCUT2D eigenvalue weighted by Crippen LogP contribution is 2.29. The fraction of sp³-hybridized carbons (Fsp3) is 0.480. The zero-order chi connectivity index (χ0) is 24.8. The molecular weight excluding hydrogens is 464 g/mol. The monoisotopic (exact) mass is 496 g/mol. The number of piperidine rings is 1. The van der Waals surface area contributed by atoms with Gasteiger partial charge >= 0.3 is 0 Å². The number of thiazole rings is 1. The number of nitrogens with one attached hydrogen (secondary N) is 2. The molecule has 9 nitrogen and oxygen atoms in total. The summed E-state index contributed by atoms with van der Waals surface area (Å²) in [5.74, 6) is -0.255. The van der Waals surface area contributed by atoms with Gasteiger partial charge in [-0.2, -0.15) is 4.98 Å². The SMILES string of the molecule is CCNC(=O)C1CCCN(c2nc3ncn(CC(=O)NC(C)CCc4ccccc4)c(=O)c3s2)C1. The van der Waals surface area contributed by atoms with E-state index in [1.165, 1.54) is 27.8 Å². The number of fused-ring (bicyclic) bond motifs is 1. The lowest BCUT2D eigenvalue weighted by Crippen LogP contribution is -2.43. The fourth-order valence-corrected chi connectivity index (χ4v) is 5.35. The second kappa shape index (κ2) is 11.4. The summed E-state index contributed by atoms with van der Waals surface area (Å²) in [5, 5.41) is 6.55. The summed E-state index contributed by atoms with van der Waals surface area (Å²) >= 11 is 1.27. The number of nitrogens with zero attached hydrogens (tertiary/aromatic N) is 4. The number of rotatable bonds is 9. The van der Waals surface area contributed by atoms with Gasteiger partial charge < -0.3 is 15.5 Å². The zero-order valence-corrected chi connectivity index (χ0v) is 21.0. The van der Waals surface area contributed by atoms with Crippen LogP contribution < -0.4 is 21.1 Å². The second-order valence-corrected chi connectivity index (χ2v) is 9.98. The van der Waals surface area contributed by atoms with Crippen LogP contribution in [0.25, 0.3) is 10.3 Å². The molecule has 2 unspecified atom stereocenters. The minimum absolute atomic E-state index is 0.0120. The van der Waals surface area contributed by atoms with Crippen molar-refractivity contribution >= 4 is 38.6 Å². The zero-order valence-electron chi connectivity index (χ0n) is 20.2. The molecule has 10 heteroatoms. The van der Waals surface area contributed by atoms with E-state index in [4.69, 9.17) is 0 Å². The van der Waals surface area contributed by atoms with E-state index in [1.54, 1.807) is 0 Å². The van der Waals surface area contributed by atoms with Crippen molar-refractivity contribution in [3.05, 3.63) is 52.6 Å². The molecule has 1 aliphatic heterocycles. The minimum atomic E-state index is -0.275. The molecule has 0 saturated carbocycles. The lowest BCUT2D eigenvalue weighted by atomic mass is 9.97. The predicted molar refractivity (Wildman–Crippen MR) is 138 cm³/mol. The Hall–Kier alpha value is -3.27. The number of anilines is 1. The van der Waals surface area contributed by atoms with Crippen molar-refractivity contribution in [3.8, 4) is 0 Å². The third-order valence-corrected chi connectivity index (χ3v) is 7.31. The first kappa shape index (κ1) is 24.8. The van der Waals surface area contributed by atoms with Crippen LogP contribution in [-0.4, -0.2) is 52.0 Å². The number of aromatic nitrogens is 3. The molecule has 35 heavy (non-hydrogen) atoms. The van der Waals surface area contributed by atoms with Gasteiger partial charge in [0.15, 0.2) is 10.8 Å². The Bertz CT molecular complexity index is 1220. The molecule has 1 aromatic carbocycles. The molecule has 1 aliphatic rings. The number of hydrogen-bond donors (Lipinski definition) is 2. The standard InChI is InChI=1S/C25H32N6O3S/c1-3-26-23(33)19-10-7-13-30(14-19)25-29-22-21(35-25)24(34)31(16-27-22)15-20(32)28-17(2)11-12-18-8-5-4-6-9-18/h4-6,8-9,16-17,19H,3,7,10-15H2,1-2H3,(H,26,33)(H,28,32). The van der Waals surface area contributed by atoms with Crippen molar-refractivity contribution in [2.75, 3.05) is 24.5 Å². The van der Waals surface area contributed by atoms with Crippen LogP contribution in [0.2, 0.25) is 0 Å². The second-order valence-electron chi connectivity index (χ2n) is 9.00. The molecular formula is C25H32N6O3S. The summed E-state index contributed by atoms with van der Waals surface area (Å²) in [6.45, 7) is 5.75. The molecule has 0 spiro atoms. The van der Waals surface area contributed by atoms with Crippen LogP contribution >= 0.6 is 11.3 Å². The van der Waals surface area contributed by atoms with Gasteiger partial charge in [-0.1, -0.05) is 41.7 Å². The number of carbonyl (C=O) groups is 2. The average Bonchev–Trinajstić information content (AvgIpc) is 3.31. The van der Waals surface area contributed by atoms with Crippen LogP contribution in [0.3, 0.4) is 0 Å². The summed E-state index contributed by atoms with van der Waals surface area (Å²) in [7, 11) is 0. The van der Waals surface area contributed by atoms with Crippen molar-refractivity contribution in [1.82, 2.24) is 25.2 Å². The number of amides is 2. The highest BCUT2D eigenvalue weighted by atomic mass is 32.1. The molecule has 2 aromatic heterocycles. The van der Waals surface area contributed by atoms with Crippen molar-refractivity contribution in [1.29, 1.82) is 0 Å². The van der Waals surface area contributed by atoms with E-state index in [0.29, 0.717) is 28.6 Å². The Morgan fingerprint density at radius 1 is 1.26 bits per heavy atom. The molecule has 186 valence electrons. The van der Waals surface area contributed by atoms with Gasteiger partial charge in [-0.05, 0) is 45.1 Å². The number of aryl methyl sites for hydroxylation is 1. The molecule has 0 aliphatic carbocycles. The molecule has 2 amide bonds. The van der Waals surface area contributed by atoms with Crippen molar-refractivity contribution in [3.63, 3.8) is 0 Å². The van der Waals surface area contributed by atoms with Gasteiger partial charge in [0, 0.05) is 25.7 Å². The fourth-order valence-electron chi connectivity index (χ4n) is 4.34. The van der Waals surface area contributed by atoms with Crippen LogP contribution in [0, 0.1) is 5.92 Å². The van der Waals surface area contributed by atoms with E-state index in [0.717, 1.165) is 32.2 Å². The van der Waals surface area contributed by atoms with Crippen molar-refractivity contribution in [2.45, 2.75) is 52.1 Å². The van der Waals surface area contributed by atoms with Gasteiger partial charge in [0.05, 0.1) is 5.92 Å². The Morgan fingerprint density at radius 3 is 2.83 bits per heavy atom. The molecule has 2 atom stereocenters. The highest BCUT2D eigenvalue weighted by Gasteiger charge is 2.27. The topological polar surface area (TPSA) is 109 Å². The number of benzene rings is 1. The average molecular weight is 497 g/mol. The molecule has 4 rings (SSSR count). The van der Waals surface area contributed by atoms with Crippen LogP contribution in [0.1, 0.15) is 38.7 Å². The normalized spacial score (nSPS) is 16.7. The summed E-state index contributed by atoms with van der Waals surface area (Å²) < 4.78 is 1.75. The third kappa shape index (κ3) is 6.25. The van der Waals surface area contributed by atoms with Gasteiger partial charge in [0.2, 0.25) is 11.8 Å². The van der Waals surface area contributed by atoms with Gasteiger partial charge in [-0.3, -0.25) is 19.0 Å². The first-order valence-electron chi connectivity index (χ1n) is 12.2. The predicted octanol–water partition coefficient (Wildman–Crippen LogP) is 2.34. The maximum absolute atomic E-state index is 13.0. The van der Waals surface area contributed by atoms with E-state index in [-0.39, 0.29) is 35.9 Å². The largest absolute Gasteiger partial charge is 0.356 e. The van der Waals surface area contributed by atoms with E-state index >= 15 is 0 Å². The van der Waals surface area contributed by atoms with Crippen LogP contribution in [0.5, 0.6) is 0 Å². The smallest absolute Gasteiger partial charge is 0.273 e. The van der Waals surface area contributed by atoms with E-state index < -0.39 is 0 Å². The van der Waals surface area contributed by atoms with Crippen molar-refractivity contribution < 1.29 is 9.59 Å². The van der Waals surface area contributed by atoms with Crippen LogP contribution in [-0.2, 0) is 22.6 Å². The van der Waals surface area contributed by atoms with Gasteiger partial charge in [-0.15, -0.1) is 0 Å². The Kier molecular flexibility index (Phi) is 8.12. The summed E-state index contributed by atoms with van der Waals surface area (Å²) in [6.07, 6.45) is 4.80. The highest BCUT2D eigenvalue weighted by molar-refractivity contribution is 7.22. The maximum Gasteiger partial charge on any atom is 0.273 e. The Labute approximate surface area is 208 Å². The lowest BCUT2D eigenvalue weighted by Gasteiger charge is -2.31. The first-order chi connectivity index (χ1) is 16.9. The third-order valence-electron chi connectivity index (χ3n) is 6.22. The first-order valence-corrected chi connectivity index (χ1v) is 13.0. The number of carbonyl (C=O) groups excluding carboxylic acids is 2. The van der Waals surface area contributed by atoms with E-state index in [2.05, 4.69) is 37.6 Å². The van der Waals surface area contributed by atoms with Gasteiger partial charge in [0.25, 0.3) is 5.56 Å². The van der Waals surface area contributed by atoms with E-state index in [9.17, 15) is 14.4 Å². The summed E-state index contributed by atoms with van der Waals surface area (Å²) in [4.78, 5) is 48.8. The maximum atomic E-state index is 13.0. The minimum Gasteiger partial charge on any atom is -0.356 e. The van der Waals surface area contributed by atoms with Gasteiger partial charge in [-0.25, -0.2) is 4.98 Å². The van der Waals surface area contributed by atoms with Crippen LogP contribution in [0.15, 0.2) is 41.5 Å². The Morgan fingerprint density at radius 2 is 2.06 bits per heavy atom. The number of hydrogen-bond acceptors (Lipinski definition) is 7. The van der Waals surface area contributed by atoms with Crippen molar-refractivity contribution in [2.24, 2.45) is 5.92 Å².